The molecule has 0 N–H and O–H groups in total. The summed E-state index contributed by atoms with van der Waals surface area (Å²) in [4.78, 5) is 4.65. The lowest BCUT2D eigenvalue weighted by molar-refractivity contribution is 0.359. The molecule has 5 heteroatoms. The van der Waals surface area contributed by atoms with Gasteiger partial charge in [0.05, 0.1) is 26.2 Å². The molecule has 0 unspecified atom stereocenters. The van der Waals surface area contributed by atoms with Gasteiger partial charge in [0.1, 0.15) is 5.75 Å². The van der Waals surface area contributed by atoms with E-state index in [9.17, 15) is 0 Å². The van der Waals surface area contributed by atoms with Crippen molar-refractivity contribution < 1.29 is 18.9 Å². The molecular weight excluding hydrogens is 366 g/mol. The number of hydrogen-bond acceptors (Lipinski definition) is 5. The fourth-order valence-electron chi connectivity index (χ4n) is 2.53. The lowest BCUT2D eigenvalue weighted by atomic mass is 10.2. The van der Waals surface area contributed by atoms with E-state index in [1.807, 2.05) is 73.7 Å². The summed E-state index contributed by atoms with van der Waals surface area (Å²) in [6.45, 7) is 1.87. The quantitative estimate of drug-likeness (QED) is 0.291. The van der Waals surface area contributed by atoms with Crippen LogP contribution < -0.4 is 18.9 Å². The first-order chi connectivity index (χ1) is 14.2. The summed E-state index contributed by atoms with van der Waals surface area (Å²) in [5.74, 6) is 2.62. The Hall–Kier alpha value is -3.73. The molecule has 0 saturated heterocycles. The van der Waals surface area contributed by atoms with Crippen LogP contribution in [-0.4, -0.2) is 20.1 Å². The highest BCUT2D eigenvalue weighted by Gasteiger charge is 2.16. The van der Waals surface area contributed by atoms with Crippen molar-refractivity contribution in [3.05, 3.63) is 90.7 Å². The van der Waals surface area contributed by atoms with Crippen LogP contribution in [-0.2, 0) is 0 Å². The molecule has 0 amide bonds. The molecule has 0 aromatic heterocycles. The second kappa shape index (κ2) is 9.99. The molecule has 0 spiro atoms. The zero-order valence-corrected chi connectivity index (χ0v) is 16.7. The molecular formula is C24H23NO4. The molecule has 148 valence electrons. The normalized spacial score (nSPS) is 11.7. The van der Waals surface area contributed by atoms with Gasteiger partial charge in [-0.3, -0.25) is 0 Å². The molecule has 3 rings (SSSR count). The standard InChI is InChI=1S/C24H23NO4/c1-18(17-28-20-13-8-5-9-14-20)24(25-19-11-6-4-7-12-19)29-23-21(26-2)15-10-16-22(23)27-3/h4-17H,1-3H3/b18-17+,25-24-. The first kappa shape index (κ1) is 20.0. The third-order valence-corrected chi connectivity index (χ3v) is 4.02. The highest BCUT2D eigenvalue weighted by atomic mass is 16.5. The van der Waals surface area contributed by atoms with Crippen LogP contribution in [0.5, 0.6) is 23.0 Å². The lowest BCUT2D eigenvalue weighted by Crippen LogP contribution is -2.12. The minimum Gasteiger partial charge on any atom is -0.493 e. The zero-order chi connectivity index (χ0) is 20.5. The van der Waals surface area contributed by atoms with Crippen LogP contribution in [0.2, 0.25) is 0 Å². The molecule has 0 radical (unpaired) electrons. The summed E-state index contributed by atoms with van der Waals surface area (Å²) in [5.41, 5.74) is 1.45. The van der Waals surface area contributed by atoms with Gasteiger partial charge < -0.3 is 18.9 Å². The average molecular weight is 389 g/mol. The minimum absolute atomic E-state index is 0.370. The van der Waals surface area contributed by atoms with Crippen molar-refractivity contribution in [1.29, 1.82) is 0 Å². The summed E-state index contributed by atoms with van der Waals surface area (Å²) < 4.78 is 22.8. The van der Waals surface area contributed by atoms with Crippen molar-refractivity contribution in [1.82, 2.24) is 0 Å². The third-order valence-electron chi connectivity index (χ3n) is 4.02. The van der Waals surface area contributed by atoms with Gasteiger partial charge in [-0.25, -0.2) is 4.99 Å². The zero-order valence-electron chi connectivity index (χ0n) is 16.7. The van der Waals surface area contributed by atoms with E-state index >= 15 is 0 Å². The van der Waals surface area contributed by atoms with E-state index in [1.165, 1.54) is 0 Å². The van der Waals surface area contributed by atoms with Crippen molar-refractivity contribution in [2.45, 2.75) is 6.92 Å². The molecule has 0 aliphatic rings. The van der Waals surface area contributed by atoms with E-state index in [-0.39, 0.29) is 0 Å². The van der Waals surface area contributed by atoms with Gasteiger partial charge in [-0.15, -0.1) is 0 Å². The Morgan fingerprint density at radius 1 is 0.759 bits per heavy atom. The van der Waals surface area contributed by atoms with Gasteiger partial charge in [0.2, 0.25) is 11.6 Å². The predicted octanol–water partition coefficient (Wildman–Crippen LogP) is 5.80. The first-order valence-electron chi connectivity index (χ1n) is 9.12. The molecule has 3 aromatic rings. The van der Waals surface area contributed by atoms with E-state index in [4.69, 9.17) is 18.9 Å². The Morgan fingerprint density at radius 2 is 1.34 bits per heavy atom. The van der Waals surface area contributed by atoms with Gasteiger partial charge in [0.15, 0.2) is 11.5 Å². The molecule has 5 nitrogen and oxygen atoms in total. The maximum absolute atomic E-state index is 6.16. The van der Waals surface area contributed by atoms with Crippen molar-refractivity contribution in [3.8, 4) is 23.0 Å². The topological polar surface area (TPSA) is 49.3 Å². The van der Waals surface area contributed by atoms with Crippen LogP contribution in [0.3, 0.4) is 0 Å². The molecule has 0 saturated carbocycles. The SMILES string of the molecule is COc1cccc(OC)c1OC(=N\c1ccccc1)/C(C)=C/Oc1ccccc1. The number of methoxy groups -OCH3 is 2. The number of hydrogen-bond donors (Lipinski definition) is 0. The van der Waals surface area contributed by atoms with Gasteiger partial charge in [0.25, 0.3) is 0 Å². The van der Waals surface area contributed by atoms with Crippen LogP contribution >= 0.6 is 0 Å². The van der Waals surface area contributed by atoms with E-state index in [0.29, 0.717) is 28.7 Å². The summed E-state index contributed by atoms with van der Waals surface area (Å²) in [6, 6.07) is 24.5. The Labute approximate surface area is 170 Å². The molecule has 0 aliphatic heterocycles. The molecule has 29 heavy (non-hydrogen) atoms. The largest absolute Gasteiger partial charge is 0.493 e. The monoisotopic (exact) mass is 389 g/mol. The maximum Gasteiger partial charge on any atom is 0.226 e. The number of rotatable bonds is 7. The molecule has 0 heterocycles. The van der Waals surface area contributed by atoms with Gasteiger partial charge in [0, 0.05) is 5.57 Å². The Kier molecular flexibility index (Phi) is 6.90. The third kappa shape index (κ3) is 5.39. The molecule has 3 aromatic carbocycles. The second-order valence-corrected chi connectivity index (χ2v) is 6.08. The second-order valence-electron chi connectivity index (χ2n) is 6.08. The fraction of sp³-hybridized carbons (Fsp3) is 0.125. The first-order valence-corrected chi connectivity index (χ1v) is 9.12. The summed E-state index contributed by atoms with van der Waals surface area (Å²) in [7, 11) is 3.16. The van der Waals surface area contributed by atoms with Gasteiger partial charge >= 0.3 is 0 Å². The van der Waals surface area contributed by atoms with Crippen molar-refractivity contribution in [2.75, 3.05) is 14.2 Å². The highest BCUT2D eigenvalue weighted by molar-refractivity contribution is 5.96. The van der Waals surface area contributed by atoms with Gasteiger partial charge in [-0.1, -0.05) is 42.5 Å². The van der Waals surface area contributed by atoms with Gasteiger partial charge in [-0.2, -0.15) is 0 Å². The van der Waals surface area contributed by atoms with Gasteiger partial charge in [-0.05, 0) is 43.3 Å². The van der Waals surface area contributed by atoms with Crippen LogP contribution in [0.25, 0.3) is 0 Å². The summed E-state index contributed by atoms with van der Waals surface area (Å²) >= 11 is 0. The van der Waals surface area contributed by atoms with E-state index < -0.39 is 0 Å². The maximum atomic E-state index is 6.16. The van der Waals surface area contributed by atoms with E-state index in [1.54, 1.807) is 32.6 Å². The van der Waals surface area contributed by atoms with Crippen molar-refractivity contribution in [3.63, 3.8) is 0 Å². The Bertz CT molecular complexity index is 960. The minimum atomic E-state index is 0.370. The number of aliphatic imine (C=N–C) groups is 1. The average Bonchev–Trinajstić information content (AvgIpc) is 2.78. The summed E-state index contributed by atoms with van der Waals surface area (Å²) in [5, 5.41) is 0. The van der Waals surface area contributed by atoms with E-state index in [2.05, 4.69) is 4.99 Å². The molecule has 0 atom stereocenters. The van der Waals surface area contributed by atoms with Crippen LogP contribution in [0.15, 0.2) is 95.7 Å². The van der Waals surface area contributed by atoms with Crippen molar-refractivity contribution >= 4 is 11.6 Å². The molecule has 0 bridgehead atoms. The Morgan fingerprint density at radius 3 is 1.93 bits per heavy atom. The molecule has 0 aliphatic carbocycles. The number of para-hydroxylation sites is 3. The smallest absolute Gasteiger partial charge is 0.226 e. The number of nitrogens with zero attached hydrogens (tertiary/aromatic N) is 1. The van der Waals surface area contributed by atoms with Crippen LogP contribution in [0.1, 0.15) is 6.92 Å². The van der Waals surface area contributed by atoms with Crippen LogP contribution in [0.4, 0.5) is 5.69 Å². The van der Waals surface area contributed by atoms with Crippen molar-refractivity contribution in [2.24, 2.45) is 4.99 Å². The summed E-state index contributed by atoms with van der Waals surface area (Å²) in [6.07, 6.45) is 1.61. The van der Waals surface area contributed by atoms with Crippen LogP contribution in [0, 0.1) is 0 Å². The molecule has 0 fully saturated rings. The number of benzene rings is 3. The highest BCUT2D eigenvalue weighted by Crippen LogP contribution is 2.37. The number of ether oxygens (including phenoxy) is 4. The fourth-order valence-corrected chi connectivity index (χ4v) is 2.53. The van der Waals surface area contributed by atoms with E-state index in [0.717, 1.165) is 11.4 Å². The Balaban J connectivity index is 1.97. The predicted molar refractivity (Wildman–Crippen MR) is 115 cm³/mol. The lowest BCUT2D eigenvalue weighted by Gasteiger charge is -2.15.